The summed E-state index contributed by atoms with van der Waals surface area (Å²) in [7, 11) is 1.59. The minimum absolute atomic E-state index is 0.158. The maximum Gasteiger partial charge on any atom is 0.277 e. The van der Waals surface area contributed by atoms with E-state index in [2.05, 4.69) is 29.4 Å². The number of aromatic nitrogens is 2. The molecule has 0 unspecified atom stereocenters. The summed E-state index contributed by atoms with van der Waals surface area (Å²) in [5.74, 6) is 2.29. The van der Waals surface area contributed by atoms with E-state index in [-0.39, 0.29) is 18.3 Å². The van der Waals surface area contributed by atoms with Gasteiger partial charge in [0.2, 0.25) is 5.91 Å². The number of carbonyl (C=O) groups excluding carboxylic acids is 1. The lowest BCUT2D eigenvalue weighted by Gasteiger charge is -2.07. The third-order valence-electron chi connectivity index (χ3n) is 4.06. The van der Waals surface area contributed by atoms with Crippen molar-refractivity contribution in [1.29, 1.82) is 0 Å². The van der Waals surface area contributed by atoms with Crippen molar-refractivity contribution in [3.63, 3.8) is 0 Å². The highest BCUT2D eigenvalue weighted by molar-refractivity contribution is 7.99. The van der Waals surface area contributed by atoms with Crippen LogP contribution in [-0.2, 0) is 11.4 Å². The van der Waals surface area contributed by atoms with E-state index in [0.29, 0.717) is 22.7 Å². The Labute approximate surface area is 173 Å². The predicted octanol–water partition coefficient (Wildman–Crippen LogP) is 4.51. The fourth-order valence-corrected chi connectivity index (χ4v) is 3.03. The standard InChI is InChI=1S/C21H23N3O4S/c1-14(2)15-4-8-18(9-5-15)27-12-20-23-24-21(28-20)29-13-19(25)22-16-6-10-17(26-3)11-7-16/h4-11,14H,12-13H2,1-3H3,(H,22,25). The number of nitrogens with zero attached hydrogens (tertiary/aromatic N) is 2. The van der Waals surface area contributed by atoms with Crippen molar-refractivity contribution in [2.45, 2.75) is 31.6 Å². The Morgan fingerprint density at radius 2 is 1.76 bits per heavy atom. The summed E-state index contributed by atoms with van der Waals surface area (Å²) in [5, 5.41) is 11.0. The van der Waals surface area contributed by atoms with Gasteiger partial charge in [-0.15, -0.1) is 10.2 Å². The van der Waals surface area contributed by atoms with Crippen LogP contribution < -0.4 is 14.8 Å². The number of carbonyl (C=O) groups is 1. The van der Waals surface area contributed by atoms with Crippen LogP contribution in [0.3, 0.4) is 0 Å². The largest absolute Gasteiger partial charge is 0.497 e. The number of methoxy groups -OCH3 is 1. The molecule has 0 fully saturated rings. The first kappa shape index (κ1) is 20.7. The average Bonchev–Trinajstić information content (AvgIpc) is 3.19. The van der Waals surface area contributed by atoms with Gasteiger partial charge in [-0.3, -0.25) is 4.79 Å². The van der Waals surface area contributed by atoms with E-state index in [0.717, 1.165) is 11.5 Å². The molecule has 0 aliphatic carbocycles. The Morgan fingerprint density at radius 3 is 2.41 bits per heavy atom. The molecule has 0 aliphatic heterocycles. The minimum atomic E-state index is -0.165. The van der Waals surface area contributed by atoms with Crippen LogP contribution >= 0.6 is 11.8 Å². The molecule has 2 aromatic carbocycles. The van der Waals surface area contributed by atoms with Gasteiger partial charge in [0.05, 0.1) is 12.9 Å². The zero-order valence-corrected chi connectivity index (χ0v) is 17.4. The van der Waals surface area contributed by atoms with E-state index in [1.165, 1.54) is 17.3 Å². The second-order valence-corrected chi connectivity index (χ2v) is 7.47. The van der Waals surface area contributed by atoms with Crippen LogP contribution in [-0.4, -0.2) is 29.0 Å². The SMILES string of the molecule is COc1ccc(NC(=O)CSc2nnc(COc3ccc(C(C)C)cc3)o2)cc1. The molecule has 29 heavy (non-hydrogen) atoms. The molecule has 0 bridgehead atoms. The van der Waals surface area contributed by atoms with Crippen LogP contribution in [0.5, 0.6) is 11.5 Å². The molecular weight excluding hydrogens is 390 g/mol. The Hall–Kier alpha value is -3.00. The maximum atomic E-state index is 12.1. The number of anilines is 1. The van der Waals surface area contributed by atoms with Crippen molar-refractivity contribution < 1.29 is 18.7 Å². The molecule has 1 N–H and O–H groups in total. The molecule has 0 saturated carbocycles. The highest BCUT2D eigenvalue weighted by Gasteiger charge is 2.11. The van der Waals surface area contributed by atoms with E-state index in [1.54, 1.807) is 31.4 Å². The first-order valence-electron chi connectivity index (χ1n) is 9.15. The van der Waals surface area contributed by atoms with Crippen LogP contribution in [0, 0.1) is 0 Å². The van der Waals surface area contributed by atoms with Crippen molar-refractivity contribution in [2.75, 3.05) is 18.2 Å². The van der Waals surface area contributed by atoms with E-state index in [4.69, 9.17) is 13.9 Å². The van der Waals surface area contributed by atoms with Crippen molar-refractivity contribution in [3.8, 4) is 11.5 Å². The topological polar surface area (TPSA) is 86.5 Å². The molecule has 0 atom stereocenters. The molecule has 0 radical (unpaired) electrons. The van der Waals surface area contributed by atoms with Gasteiger partial charge in [-0.05, 0) is 47.9 Å². The van der Waals surface area contributed by atoms with Gasteiger partial charge in [0, 0.05) is 5.69 Å². The molecule has 0 saturated heterocycles. The molecular formula is C21H23N3O4S. The predicted molar refractivity (Wildman–Crippen MR) is 112 cm³/mol. The van der Waals surface area contributed by atoms with Gasteiger partial charge in [0.15, 0.2) is 6.61 Å². The van der Waals surface area contributed by atoms with Crippen LogP contribution in [0.1, 0.15) is 31.2 Å². The van der Waals surface area contributed by atoms with E-state index < -0.39 is 0 Å². The van der Waals surface area contributed by atoms with Gasteiger partial charge in [0.1, 0.15) is 11.5 Å². The van der Waals surface area contributed by atoms with Gasteiger partial charge in [-0.2, -0.15) is 0 Å². The lowest BCUT2D eigenvalue weighted by atomic mass is 10.0. The van der Waals surface area contributed by atoms with Gasteiger partial charge < -0.3 is 19.2 Å². The molecule has 7 nitrogen and oxygen atoms in total. The first-order chi connectivity index (χ1) is 14.0. The summed E-state index contributed by atoms with van der Waals surface area (Å²) in [6.07, 6.45) is 0. The summed E-state index contributed by atoms with van der Waals surface area (Å²) in [6, 6.07) is 15.0. The van der Waals surface area contributed by atoms with Crippen molar-refractivity contribution in [1.82, 2.24) is 10.2 Å². The number of hydrogen-bond acceptors (Lipinski definition) is 7. The molecule has 0 aliphatic rings. The fraction of sp³-hybridized carbons (Fsp3) is 0.286. The first-order valence-corrected chi connectivity index (χ1v) is 10.1. The molecule has 1 heterocycles. The third kappa shape index (κ3) is 6.25. The van der Waals surface area contributed by atoms with Crippen LogP contribution in [0.2, 0.25) is 0 Å². The molecule has 1 amide bonds. The second-order valence-electron chi connectivity index (χ2n) is 6.54. The maximum absolute atomic E-state index is 12.1. The summed E-state index contributed by atoms with van der Waals surface area (Å²) in [4.78, 5) is 12.1. The number of rotatable bonds is 9. The average molecular weight is 413 g/mol. The van der Waals surface area contributed by atoms with Crippen molar-refractivity contribution >= 4 is 23.4 Å². The summed E-state index contributed by atoms with van der Waals surface area (Å²) >= 11 is 1.17. The Morgan fingerprint density at radius 1 is 1.07 bits per heavy atom. The summed E-state index contributed by atoms with van der Waals surface area (Å²) < 4.78 is 16.3. The minimum Gasteiger partial charge on any atom is -0.497 e. The third-order valence-corrected chi connectivity index (χ3v) is 4.88. The van der Waals surface area contributed by atoms with E-state index in [9.17, 15) is 4.79 Å². The van der Waals surface area contributed by atoms with Crippen molar-refractivity contribution in [3.05, 3.63) is 60.0 Å². The smallest absolute Gasteiger partial charge is 0.277 e. The Kier molecular flexibility index (Phi) is 7.13. The van der Waals surface area contributed by atoms with Gasteiger partial charge in [0.25, 0.3) is 11.1 Å². The lowest BCUT2D eigenvalue weighted by Crippen LogP contribution is -2.13. The van der Waals surface area contributed by atoms with Crippen LogP contribution in [0.15, 0.2) is 58.2 Å². The zero-order chi connectivity index (χ0) is 20.6. The van der Waals surface area contributed by atoms with Crippen LogP contribution in [0.25, 0.3) is 0 Å². The number of amides is 1. The normalized spacial score (nSPS) is 10.8. The van der Waals surface area contributed by atoms with E-state index >= 15 is 0 Å². The molecule has 3 aromatic rings. The number of thioether (sulfide) groups is 1. The van der Waals surface area contributed by atoms with E-state index in [1.807, 2.05) is 24.3 Å². The number of hydrogen-bond donors (Lipinski definition) is 1. The second kappa shape index (κ2) is 9.97. The molecule has 0 spiro atoms. The Bertz CT molecular complexity index is 924. The fourth-order valence-electron chi connectivity index (χ4n) is 2.45. The summed E-state index contributed by atoms with van der Waals surface area (Å²) in [6.45, 7) is 4.46. The van der Waals surface area contributed by atoms with Crippen molar-refractivity contribution in [2.24, 2.45) is 0 Å². The van der Waals surface area contributed by atoms with Gasteiger partial charge in [-0.1, -0.05) is 37.7 Å². The van der Waals surface area contributed by atoms with Gasteiger partial charge >= 0.3 is 0 Å². The number of ether oxygens (including phenoxy) is 2. The highest BCUT2D eigenvalue weighted by atomic mass is 32.2. The van der Waals surface area contributed by atoms with Crippen LogP contribution in [0.4, 0.5) is 5.69 Å². The van der Waals surface area contributed by atoms with Gasteiger partial charge in [-0.25, -0.2) is 0 Å². The Balaban J connectivity index is 1.44. The molecule has 3 rings (SSSR count). The number of benzene rings is 2. The monoisotopic (exact) mass is 413 g/mol. The zero-order valence-electron chi connectivity index (χ0n) is 16.5. The molecule has 8 heteroatoms. The highest BCUT2D eigenvalue weighted by Crippen LogP contribution is 2.21. The molecule has 152 valence electrons. The molecule has 1 aromatic heterocycles. The number of nitrogens with one attached hydrogen (secondary N) is 1. The summed E-state index contributed by atoms with van der Waals surface area (Å²) in [5.41, 5.74) is 1.95. The quantitative estimate of drug-likeness (QED) is 0.516. The lowest BCUT2D eigenvalue weighted by molar-refractivity contribution is -0.113.